The lowest BCUT2D eigenvalue weighted by Gasteiger charge is -2.17. The van der Waals surface area contributed by atoms with E-state index in [9.17, 15) is 14.7 Å². The summed E-state index contributed by atoms with van der Waals surface area (Å²) in [5.41, 5.74) is 1.48. The Morgan fingerprint density at radius 2 is 1.68 bits per heavy atom. The molecule has 0 aliphatic heterocycles. The molecule has 0 spiro atoms. The van der Waals surface area contributed by atoms with E-state index in [4.69, 9.17) is 11.6 Å². The molecule has 0 saturated carbocycles. The van der Waals surface area contributed by atoms with Crippen molar-refractivity contribution in [1.29, 1.82) is 0 Å². The van der Waals surface area contributed by atoms with Gasteiger partial charge in [0, 0.05) is 22.6 Å². The molecule has 0 aliphatic rings. The number of carboxylic acid groups (broad SMARTS) is 1. The van der Waals surface area contributed by atoms with Gasteiger partial charge in [-0.1, -0.05) is 41.9 Å². The molecule has 0 radical (unpaired) electrons. The van der Waals surface area contributed by atoms with Crippen molar-refractivity contribution in [3.05, 3.63) is 65.2 Å². The van der Waals surface area contributed by atoms with Crippen LogP contribution < -0.4 is 10.4 Å². The summed E-state index contributed by atoms with van der Waals surface area (Å²) in [6.07, 6.45) is -0.0227. The standard InChI is InChI=1S/C17H16ClNO3/c18-14-8-6-12(7-9-14)10-13(11-16(20)21)17(22)19-15-4-2-1-3-5-15/h1-9,13H,10-11H2,(H,19,22)(H,20,21)/p-1/t13-/m1/s1. The number of carboxylic acids is 1. The largest absolute Gasteiger partial charge is 0.550 e. The first kappa shape index (κ1) is 16.0. The Bertz CT molecular complexity index is 641. The van der Waals surface area contributed by atoms with Crippen LogP contribution in [0.25, 0.3) is 0 Å². The van der Waals surface area contributed by atoms with Gasteiger partial charge in [-0.25, -0.2) is 0 Å². The Kier molecular flexibility index (Phi) is 5.55. The lowest BCUT2D eigenvalue weighted by atomic mass is 9.95. The molecule has 0 aromatic heterocycles. The molecule has 0 saturated heterocycles. The van der Waals surface area contributed by atoms with Gasteiger partial charge in [-0.15, -0.1) is 0 Å². The SMILES string of the molecule is O=C([O-])C[C@@H](Cc1ccc(Cl)cc1)C(=O)Nc1ccccc1. The molecule has 0 bridgehead atoms. The zero-order valence-corrected chi connectivity index (χ0v) is 12.5. The van der Waals surface area contributed by atoms with Gasteiger partial charge in [0.15, 0.2) is 0 Å². The van der Waals surface area contributed by atoms with Crippen molar-refractivity contribution in [3.63, 3.8) is 0 Å². The zero-order valence-electron chi connectivity index (χ0n) is 11.8. The van der Waals surface area contributed by atoms with Crippen LogP contribution in [0.2, 0.25) is 5.02 Å². The van der Waals surface area contributed by atoms with Gasteiger partial charge in [0.1, 0.15) is 0 Å². The van der Waals surface area contributed by atoms with Crippen LogP contribution in [0.5, 0.6) is 0 Å². The molecule has 0 fully saturated rings. The minimum atomic E-state index is -1.25. The highest BCUT2D eigenvalue weighted by Crippen LogP contribution is 2.17. The maximum Gasteiger partial charge on any atom is 0.228 e. The van der Waals surface area contributed by atoms with Crippen molar-refractivity contribution in [3.8, 4) is 0 Å². The Morgan fingerprint density at radius 1 is 1.05 bits per heavy atom. The van der Waals surface area contributed by atoms with E-state index in [1.54, 1.807) is 48.5 Å². The number of anilines is 1. The first-order chi connectivity index (χ1) is 10.5. The van der Waals surface area contributed by atoms with Crippen LogP contribution in [0, 0.1) is 5.92 Å². The fourth-order valence-electron chi connectivity index (χ4n) is 2.13. The highest BCUT2D eigenvalue weighted by molar-refractivity contribution is 6.30. The summed E-state index contributed by atoms with van der Waals surface area (Å²) in [5, 5.41) is 14.2. The van der Waals surface area contributed by atoms with E-state index in [1.165, 1.54) is 0 Å². The Balaban J connectivity index is 2.09. The third-order valence-electron chi connectivity index (χ3n) is 3.22. The molecule has 1 amide bonds. The van der Waals surface area contributed by atoms with E-state index in [1.807, 2.05) is 6.07 Å². The number of carbonyl (C=O) groups is 2. The van der Waals surface area contributed by atoms with Gasteiger partial charge in [-0.3, -0.25) is 4.79 Å². The number of amides is 1. The van der Waals surface area contributed by atoms with E-state index >= 15 is 0 Å². The van der Waals surface area contributed by atoms with Crippen LogP contribution in [0.3, 0.4) is 0 Å². The number of hydrogen-bond acceptors (Lipinski definition) is 3. The van der Waals surface area contributed by atoms with Gasteiger partial charge in [0.25, 0.3) is 0 Å². The Hall–Kier alpha value is -2.33. The lowest BCUT2D eigenvalue weighted by molar-refractivity contribution is -0.306. The quantitative estimate of drug-likeness (QED) is 0.889. The second-order valence-corrected chi connectivity index (χ2v) is 5.40. The zero-order chi connectivity index (χ0) is 15.9. The van der Waals surface area contributed by atoms with Gasteiger partial charge >= 0.3 is 0 Å². The minimum absolute atomic E-state index is 0.309. The van der Waals surface area contributed by atoms with Gasteiger partial charge in [0.2, 0.25) is 5.91 Å². The molecule has 5 heteroatoms. The molecule has 2 aromatic carbocycles. The van der Waals surface area contributed by atoms with Crippen molar-refractivity contribution in [2.45, 2.75) is 12.8 Å². The van der Waals surface area contributed by atoms with Crippen LogP contribution in [0.4, 0.5) is 5.69 Å². The van der Waals surface area contributed by atoms with E-state index in [0.29, 0.717) is 17.1 Å². The summed E-state index contributed by atoms with van der Waals surface area (Å²) >= 11 is 5.82. The monoisotopic (exact) mass is 316 g/mol. The maximum absolute atomic E-state index is 12.3. The summed E-state index contributed by atoms with van der Waals surface area (Å²) < 4.78 is 0. The van der Waals surface area contributed by atoms with E-state index in [0.717, 1.165) is 5.56 Å². The van der Waals surface area contributed by atoms with Crippen LogP contribution in [-0.2, 0) is 16.0 Å². The maximum atomic E-state index is 12.3. The summed E-state index contributed by atoms with van der Waals surface area (Å²) in [7, 11) is 0. The first-order valence-electron chi connectivity index (χ1n) is 6.85. The molecule has 0 heterocycles. The van der Waals surface area contributed by atoms with Crippen LogP contribution in [0.1, 0.15) is 12.0 Å². The lowest BCUT2D eigenvalue weighted by Crippen LogP contribution is -2.32. The van der Waals surface area contributed by atoms with Crippen molar-refractivity contribution in [1.82, 2.24) is 0 Å². The fraction of sp³-hybridized carbons (Fsp3) is 0.176. The molecule has 2 rings (SSSR count). The predicted octanol–water partition coefficient (Wildman–Crippen LogP) is 2.28. The number of halogens is 1. The molecule has 4 nitrogen and oxygen atoms in total. The van der Waals surface area contributed by atoms with Crippen LogP contribution >= 0.6 is 11.6 Å². The smallest absolute Gasteiger partial charge is 0.228 e. The topological polar surface area (TPSA) is 69.2 Å². The number of hydrogen-bond donors (Lipinski definition) is 1. The van der Waals surface area contributed by atoms with Crippen molar-refractivity contribution < 1.29 is 14.7 Å². The highest BCUT2D eigenvalue weighted by Gasteiger charge is 2.19. The average Bonchev–Trinajstić information content (AvgIpc) is 2.49. The van der Waals surface area contributed by atoms with Crippen LogP contribution in [-0.4, -0.2) is 11.9 Å². The fourth-order valence-corrected chi connectivity index (χ4v) is 2.26. The number of nitrogens with one attached hydrogen (secondary N) is 1. The second kappa shape index (κ2) is 7.61. The molecule has 0 aliphatic carbocycles. The molecule has 114 valence electrons. The van der Waals surface area contributed by atoms with Gasteiger partial charge < -0.3 is 15.2 Å². The molecule has 1 atom stereocenters. The highest BCUT2D eigenvalue weighted by atomic mass is 35.5. The van der Waals surface area contributed by atoms with Crippen molar-refractivity contribution in [2.75, 3.05) is 5.32 Å². The third-order valence-corrected chi connectivity index (χ3v) is 3.47. The number of carbonyl (C=O) groups excluding carboxylic acids is 2. The summed E-state index contributed by atoms with van der Waals surface area (Å²) in [4.78, 5) is 23.2. The van der Waals surface area contributed by atoms with Gasteiger partial charge in [-0.05, 0) is 42.7 Å². The van der Waals surface area contributed by atoms with Gasteiger partial charge in [0.05, 0.1) is 0 Å². The number of para-hydroxylation sites is 1. The minimum Gasteiger partial charge on any atom is -0.550 e. The average molecular weight is 317 g/mol. The number of rotatable bonds is 6. The second-order valence-electron chi connectivity index (χ2n) is 4.96. The van der Waals surface area contributed by atoms with Crippen LogP contribution in [0.15, 0.2) is 54.6 Å². The number of aliphatic carboxylic acids is 1. The molecule has 22 heavy (non-hydrogen) atoms. The van der Waals surface area contributed by atoms with Crippen molar-refractivity contribution >= 4 is 29.2 Å². The summed E-state index contributed by atoms with van der Waals surface area (Å²) in [6, 6.07) is 15.9. The predicted molar refractivity (Wildman–Crippen MR) is 83.3 cm³/mol. The van der Waals surface area contributed by atoms with E-state index in [2.05, 4.69) is 5.32 Å². The first-order valence-corrected chi connectivity index (χ1v) is 7.22. The Morgan fingerprint density at radius 3 is 2.27 bits per heavy atom. The molecular weight excluding hydrogens is 302 g/mol. The van der Waals surface area contributed by atoms with Gasteiger partial charge in [-0.2, -0.15) is 0 Å². The third kappa shape index (κ3) is 4.90. The molecule has 1 N–H and O–H groups in total. The van der Waals surface area contributed by atoms with E-state index < -0.39 is 11.9 Å². The molecule has 2 aromatic rings. The summed E-state index contributed by atoms with van der Waals surface area (Å²) in [5.74, 6) is -2.29. The normalized spacial score (nSPS) is 11.7. The summed E-state index contributed by atoms with van der Waals surface area (Å²) in [6.45, 7) is 0. The van der Waals surface area contributed by atoms with E-state index in [-0.39, 0.29) is 12.3 Å². The Labute approximate surface area is 133 Å². The molecule has 0 unspecified atom stereocenters. The van der Waals surface area contributed by atoms with Crippen molar-refractivity contribution in [2.24, 2.45) is 5.92 Å². The molecular formula is C17H15ClNO3-. The number of benzene rings is 2.